The number of benzene rings is 2. The maximum absolute atomic E-state index is 12.1. The van der Waals surface area contributed by atoms with Gasteiger partial charge in [-0.15, -0.1) is 0 Å². The number of alkyl carbamates (subject to hydrolysis) is 1. The Kier molecular flexibility index (Phi) is 6.37. The van der Waals surface area contributed by atoms with Gasteiger partial charge in [-0.3, -0.25) is 4.79 Å². The molecule has 0 spiro atoms. The number of carboxylic acid groups (broad SMARTS) is 1. The lowest BCUT2D eigenvalue weighted by Gasteiger charge is -2.20. The van der Waals surface area contributed by atoms with E-state index >= 15 is 0 Å². The Morgan fingerprint density at radius 2 is 1.75 bits per heavy atom. The summed E-state index contributed by atoms with van der Waals surface area (Å²) < 4.78 is 5.19. The number of carbonyl (C=O) groups is 2. The average Bonchev–Trinajstić information content (AvgIpc) is 2.60. The van der Waals surface area contributed by atoms with E-state index in [-0.39, 0.29) is 13.0 Å². The summed E-state index contributed by atoms with van der Waals surface area (Å²) in [4.78, 5) is 23.2. The van der Waals surface area contributed by atoms with E-state index in [0.717, 1.165) is 23.1 Å². The van der Waals surface area contributed by atoms with Gasteiger partial charge >= 0.3 is 12.1 Å². The minimum absolute atomic E-state index is 0.141. The van der Waals surface area contributed by atoms with Crippen molar-refractivity contribution in [1.82, 2.24) is 5.32 Å². The van der Waals surface area contributed by atoms with E-state index in [0.29, 0.717) is 0 Å². The number of carbonyl (C=O) groups excluding carboxylic acids is 1. The van der Waals surface area contributed by atoms with Gasteiger partial charge in [-0.05, 0) is 23.1 Å². The number of hydrogen-bond donors (Lipinski definition) is 2. The number of amides is 1. The van der Waals surface area contributed by atoms with Crippen molar-refractivity contribution in [3.63, 3.8) is 0 Å². The third-order valence-corrected chi connectivity index (χ3v) is 3.69. The minimum Gasteiger partial charge on any atom is -0.481 e. The largest absolute Gasteiger partial charge is 0.481 e. The minimum atomic E-state index is -0.978. The highest BCUT2D eigenvalue weighted by atomic mass is 16.5. The molecule has 5 heteroatoms. The zero-order valence-electron chi connectivity index (χ0n) is 13.6. The number of hydrogen-bond acceptors (Lipinski definition) is 3. The molecule has 0 aromatic heterocycles. The van der Waals surface area contributed by atoms with Crippen LogP contribution in [0.2, 0.25) is 0 Å². The molecule has 0 aliphatic rings. The molecule has 2 N–H and O–H groups in total. The van der Waals surface area contributed by atoms with Crippen molar-refractivity contribution in [2.45, 2.75) is 32.4 Å². The number of nitrogens with one attached hydrogen (secondary N) is 1. The lowest BCUT2D eigenvalue weighted by molar-refractivity contribution is -0.137. The third kappa shape index (κ3) is 5.12. The zero-order chi connectivity index (χ0) is 17.4. The molecule has 0 radical (unpaired) electrons. The van der Waals surface area contributed by atoms with Crippen LogP contribution in [-0.2, 0) is 22.6 Å². The first-order valence-corrected chi connectivity index (χ1v) is 7.87. The third-order valence-electron chi connectivity index (χ3n) is 3.69. The average molecular weight is 327 g/mol. The molecule has 24 heavy (non-hydrogen) atoms. The highest BCUT2D eigenvalue weighted by molar-refractivity contribution is 5.72. The molecule has 1 amide bonds. The Balaban J connectivity index is 2.05. The topological polar surface area (TPSA) is 75.6 Å². The van der Waals surface area contributed by atoms with Crippen LogP contribution in [0.3, 0.4) is 0 Å². The normalized spacial score (nSPS) is 11.5. The summed E-state index contributed by atoms with van der Waals surface area (Å²) >= 11 is 0. The fourth-order valence-electron chi connectivity index (χ4n) is 2.52. The molecule has 1 atom stereocenters. The molecule has 0 heterocycles. The van der Waals surface area contributed by atoms with Gasteiger partial charge in [-0.2, -0.15) is 0 Å². The molecule has 2 aromatic rings. The highest BCUT2D eigenvalue weighted by Gasteiger charge is 2.20. The van der Waals surface area contributed by atoms with Crippen LogP contribution in [0.5, 0.6) is 0 Å². The van der Waals surface area contributed by atoms with Crippen LogP contribution in [0, 0.1) is 0 Å². The van der Waals surface area contributed by atoms with Crippen molar-refractivity contribution in [2.75, 3.05) is 0 Å². The van der Waals surface area contributed by atoms with Crippen LogP contribution in [0.15, 0.2) is 54.6 Å². The molecule has 0 fully saturated rings. The molecule has 0 saturated heterocycles. The monoisotopic (exact) mass is 327 g/mol. The molecule has 0 aliphatic carbocycles. The van der Waals surface area contributed by atoms with Crippen molar-refractivity contribution >= 4 is 12.1 Å². The summed E-state index contributed by atoms with van der Waals surface area (Å²) in [6.07, 6.45) is -0.0687. The molecule has 0 aliphatic heterocycles. The zero-order valence-corrected chi connectivity index (χ0v) is 13.6. The summed E-state index contributed by atoms with van der Waals surface area (Å²) in [5.41, 5.74) is 2.68. The number of ether oxygens (including phenoxy) is 1. The van der Waals surface area contributed by atoms with E-state index in [2.05, 4.69) is 5.32 Å². The molecule has 1 unspecified atom stereocenters. The Labute approximate surface area is 141 Å². The quantitative estimate of drug-likeness (QED) is 0.813. The summed E-state index contributed by atoms with van der Waals surface area (Å²) in [6, 6.07) is 16.2. The number of carboxylic acids is 1. The van der Waals surface area contributed by atoms with Crippen LogP contribution in [0.25, 0.3) is 0 Å². The molecular weight excluding hydrogens is 306 g/mol. The fourth-order valence-corrected chi connectivity index (χ4v) is 2.52. The van der Waals surface area contributed by atoms with Gasteiger partial charge < -0.3 is 15.2 Å². The van der Waals surface area contributed by atoms with Gasteiger partial charge in [-0.25, -0.2) is 4.79 Å². The van der Waals surface area contributed by atoms with Crippen LogP contribution >= 0.6 is 0 Å². The Morgan fingerprint density at radius 3 is 2.42 bits per heavy atom. The van der Waals surface area contributed by atoms with Crippen molar-refractivity contribution < 1.29 is 19.4 Å². The first-order valence-electron chi connectivity index (χ1n) is 7.87. The van der Waals surface area contributed by atoms with E-state index in [1.54, 1.807) is 0 Å². The predicted octanol–water partition coefficient (Wildman–Crippen LogP) is 3.69. The van der Waals surface area contributed by atoms with E-state index in [1.807, 2.05) is 61.5 Å². The summed E-state index contributed by atoms with van der Waals surface area (Å²) in [5.74, 6) is -0.978. The maximum Gasteiger partial charge on any atom is 0.407 e. The molecule has 2 rings (SSSR count). The summed E-state index contributed by atoms with van der Waals surface area (Å²) in [5, 5.41) is 11.8. The van der Waals surface area contributed by atoms with E-state index in [1.165, 1.54) is 0 Å². The molecule has 5 nitrogen and oxygen atoms in total. The van der Waals surface area contributed by atoms with E-state index < -0.39 is 18.1 Å². The second kappa shape index (κ2) is 8.72. The maximum atomic E-state index is 12.1. The SMILES string of the molecule is CCc1ccccc1C(CC(=O)O)NC(=O)OCc1ccccc1. The first kappa shape index (κ1) is 17.5. The first-order chi connectivity index (χ1) is 11.6. The lowest BCUT2D eigenvalue weighted by Crippen LogP contribution is -2.31. The number of rotatable bonds is 7. The van der Waals surface area contributed by atoms with Crippen LogP contribution in [0.1, 0.15) is 36.1 Å². The van der Waals surface area contributed by atoms with Crippen LogP contribution in [0.4, 0.5) is 4.79 Å². The molecule has 126 valence electrons. The van der Waals surface area contributed by atoms with Gasteiger partial charge in [0.25, 0.3) is 0 Å². The van der Waals surface area contributed by atoms with Gasteiger partial charge in [0.2, 0.25) is 0 Å². The molecule has 2 aromatic carbocycles. The number of aryl methyl sites for hydroxylation is 1. The predicted molar refractivity (Wildman–Crippen MR) is 90.6 cm³/mol. The van der Waals surface area contributed by atoms with Crippen molar-refractivity contribution in [3.8, 4) is 0 Å². The molecular formula is C19H21NO4. The van der Waals surface area contributed by atoms with E-state index in [9.17, 15) is 9.59 Å². The van der Waals surface area contributed by atoms with Crippen molar-refractivity contribution in [2.24, 2.45) is 0 Å². The van der Waals surface area contributed by atoms with Crippen molar-refractivity contribution in [3.05, 3.63) is 71.3 Å². The Bertz CT molecular complexity index is 685. The Hall–Kier alpha value is -2.82. The van der Waals surface area contributed by atoms with Crippen LogP contribution < -0.4 is 5.32 Å². The second-order valence-electron chi connectivity index (χ2n) is 5.41. The fraction of sp³-hybridized carbons (Fsp3) is 0.263. The van der Waals surface area contributed by atoms with Crippen LogP contribution in [-0.4, -0.2) is 17.2 Å². The van der Waals surface area contributed by atoms with Gasteiger partial charge in [-0.1, -0.05) is 61.5 Å². The van der Waals surface area contributed by atoms with Gasteiger partial charge in [0, 0.05) is 0 Å². The van der Waals surface area contributed by atoms with Gasteiger partial charge in [0.15, 0.2) is 0 Å². The summed E-state index contributed by atoms with van der Waals surface area (Å²) in [6.45, 7) is 2.13. The van der Waals surface area contributed by atoms with Gasteiger partial charge in [0.1, 0.15) is 6.61 Å². The summed E-state index contributed by atoms with van der Waals surface area (Å²) in [7, 11) is 0. The Morgan fingerprint density at radius 1 is 1.08 bits per heavy atom. The molecule has 0 bridgehead atoms. The second-order valence-corrected chi connectivity index (χ2v) is 5.41. The van der Waals surface area contributed by atoms with Gasteiger partial charge in [0.05, 0.1) is 12.5 Å². The standard InChI is InChI=1S/C19H21NO4/c1-2-15-10-6-7-11-16(15)17(12-18(21)22)20-19(23)24-13-14-8-4-3-5-9-14/h3-11,17H,2,12-13H2,1H3,(H,20,23)(H,21,22). The smallest absolute Gasteiger partial charge is 0.407 e. The molecule has 0 saturated carbocycles. The highest BCUT2D eigenvalue weighted by Crippen LogP contribution is 2.22. The van der Waals surface area contributed by atoms with Crippen molar-refractivity contribution in [1.29, 1.82) is 0 Å². The lowest BCUT2D eigenvalue weighted by atomic mass is 9.96. The van der Waals surface area contributed by atoms with E-state index in [4.69, 9.17) is 9.84 Å². The number of aliphatic carboxylic acids is 1.